The smallest absolute Gasteiger partial charge is 0.154 e. The summed E-state index contributed by atoms with van der Waals surface area (Å²) in [7, 11) is 0. The van der Waals surface area contributed by atoms with Crippen molar-refractivity contribution < 1.29 is 43.4 Å². The van der Waals surface area contributed by atoms with Crippen LogP contribution in [0.3, 0.4) is 0 Å². The molecule has 4 aliphatic carbocycles. The van der Waals surface area contributed by atoms with E-state index in [1.807, 2.05) is 59.1 Å². The van der Waals surface area contributed by atoms with Crippen molar-refractivity contribution in [3.05, 3.63) is 235 Å². The van der Waals surface area contributed by atoms with Crippen LogP contribution in [0.4, 0.5) is 31.0 Å². The number of hydrogen-bond acceptors (Lipinski definition) is 4. The standard InChI is InChI=1S/2C8H8F2.2C8H9F.4C8H16.2C8H10.C6H8N2.C6H12O2.CH4.FH.2H2/c2*1-5-3-7(9)6(2)8(10)4-5;2*1-6-3-4-7(2)8(9)5-6;6*1-7-3-5-8(2)6-4-7;2*1-5-3-7-6(2)8-4-5;;;;/h2*3-4H,1-2H3;2*3-5H,1-2H3;4*7-8H,3-6H2,1-2H3;2*3-6H,1-2H3;3-4H,1-2H3;5-6H,3-4H2,1-2H3;1H4;3*1H. The molecule has 5 aliphatic rings. The van der Waals surface area contributed by atoms with Crippen LogP contribution in [0.2, 0.25) is 0 Å². The molecule has 1 saturated heterocycles. The predicted molar refractivity (Wildman–Crippen MR) is 438 cm³/mol. The highest BCUT2D eigenvalue weighted by molar-refractivity contribution is 5.26. The molecule has 4 nitrogen and oxygen atoms in total. The Morgan fingerprint density at radius 3 is 0.635 bits per heavy atom. The quantitative estimate of drug-likeness (QED) is 0.142. The number of rotatable bonds is 0. The van der Waals surface area contributed by atoms with E-state index in [1.165, 1.54) is 175 Å². The number of aromatic nitrogens is 2. The van der Waals surface area contributed by atoms with Gasteiger partial charge in [-0.3, -0.25) is 4.70 Å². The fourth-order valence-electron chi connectivity index (χ4n) is 11.1. The minimum Gasteiger partial charge on any atom is -0.353 e. The summed E-state index contributed by atoms with van der Waals surface area (Å²) in [5.41, 5.74) is 11.2. The normalized spacial score (nSPS) is 21.0. The molecular weight excluding hydrogens is 1310 g/mol. The van der Waals surface area contributed by atoms with Crippen molar-refractivity contribution in [2.24, 2.45) is 53.3 Å². The summed E-state index contributed by atoms with van der Waals surface area (Å²) in [6, 6.07) is 32.7. The summed E-state index contributed by atoms with van der Waals surface area (Å²) in [6.07, 6.45) is 27.2. The number of nitrogens with zero attached hydrogens (tertiary/aromatic N) is 2. The molecule has 0 N–H and O–H groups in total. The molecule has 4 saturated carbocycles. The van der Waals surface area contributed by atoms with Gasteiger partial charge in [0.25, 0.3) is 0 Å². The summed E-state index contributed by atoms with van der Waals surface area (Å²) in [5, 5.41) is 0. The Balaban J connectivity index is -0.000000534. The lowest BCUT2D eigenvalue weighted by atomic mass is 9.84. The molecule has 0 spiro atoms. The van der Waals surface area contributed by atoms with E-state index >= 15 is 0 Å². The molecule has 7 aromatic rings. The second-order valence-electron chi connectivity index (χ2n) is 31.1. The van der Waals surface area contributed by atoms with Gasteiger partial charge in [-0.05, 0) is 227 Å². The van der Waals surface area contributed by atoms with Gasteiger partial charge in [0.05, 0.1) is 13.2 Å². The Morgan fingerprint density at radius 1 is 0.269 bits per heavy atom. The van der Waals surface area contributed by atoms with Crippen LogP contribution < -0.4 is 0 Å². The lowest BCUT2D eigenvalue weighted by Crippen LogP contribution is -2.27. The molecule has 6 aromatic carbocycles. The van der Waals surface area contributed by atoms with E-state index in [0.717, 1.165) is 83.1 Å². The van der Waals surface area contributed by atoms with Gasteiger partial charge in [-0.25, -0.2) is 36.3 Å². The van der Waals surface area contributed by atoms with E-state index in [9.17, 15) is 26.3 Å². The summed E-state index contributed by atoms with van der Waals surface area (Å²) < 4.78 is 85.9. The fourth-order valence-corrected chi connectivity index (χ4v) is 11.1. The molecule has 11 heteroatoms. The van der Waals surface area contributed by atoms with Crippen molar-refractivity contribution in [3.63, 3.8) is 0 Å². The highest BCUT2D eigenvalue weighted by Crippen LogP contribution is 2.30. The van der Waals surface area contributed by atoms with Gasteiger partial charge in [-0.15, -0.1) is 0 Å². The highest BCUT2D eigenvalue weighted by atomic mass is 19.2. The van der Waals surface area contributed by atoms with Gasteiger partial charge in [0.2, 0.25) is 0 Å². The Hall–Kier alpha value is -6.17. The van der Waals surface area contributed by atoms with Crippen LogP contribution in [0, 0.1) is 185 Å². The van der Waals surface area contributed by atoms with Crippen LogP contribution in [0.5, 0.6) is 0 Å². The van der Waals surface area contributed by atoms with Crippen LogP contribution in [0.25, 0.3) is 0 Å². The van der Waals surface area contributed by atoms with Gasteiger partial charge in [-0.2, -0.15) is 0 Å². The molecule has 1 aromatic heterocycles. The van der Waals surface area contributed by atoms with Gasteiger partial charge in [-0.1, -0.05) is 268 Å². The minimum atomic E-state index is -0.475. The van der Waals surface area contributed by atoms with Crippen molar-refractivity contribution in [2.75, 3.05) is 13.2 Å². The maximum Gasteiger partial charge on any atom is 0.154 e. The number of halogens is 7. The fraction of sp³-hybridized carbons (Fsp3) is 0.570. The second kappa shape index (κ2) is 56.2. The maximum absolute atomic E-state index is 12.6. The molecule has 0 radical (unpaired) electrons. The first kappa shape index (κ1) is 99.9. The molecule has 1 aliphatic heterocycles. The van der Waals surface area contributed by atoms with Gasteiger partial charge >= 0.3 is 0 Å². The van der Waals surface area contributed by atoms with Gasteiger partial charge in [0.15, 0.2) is 6.29 Å². The van der Waals surface area contributed by atoms with Crippen molar-refractivity contribution in [1.29, 1.82) is 0 Å². The van der Waals surface area contributed by atoms with Gasteiger partial charge in [0.1, 0.15) is 40.7 Å². The van der Waals surface area contributed by atoms with Crippen LogP contribution in [-0.2, 0) is 9.47 Å². The van der Waals surface area contributed by atoms with Crippen molar-refractivity contribution in [1.82, 2.24) is 9.97 Å². The van der Waals surface area contributed by atoms with E-state index in [1.54, 1.807) is 39.8 Å². The SMILES string of the molecule is C.CC1CCC(C)CC1.CC1CCC(C)CC1.CC1CCC(C)CC1.CC1CCC(C)CC1.CC1COC(C)OC1.Cc1cc(F)c(C)c(F)c1.Cc1cc(F)c(C)c(F)c1.Cc1ccc(C)c(F)c1.Cc1ccc(C)c(F)c1.Cc1ccc(C)cc1.Cc1ccc(C)cc1.Cc1cnc(C)nc1.F.[HH].[HH]. The van der Waals surface area contributed by atoms with E-state index in [0.29, 0.717) is 28.2 Å². The Morgan fingerprint density at radius 2 is 0.462 bits per heavy atom. The number of aryl methyl sites for hydroxylation is 12. The Kier molecular flexibility index (Phi) is 53.9. The Bertz CT molecular complexity index is 2810. The first-order valence-corrected chi connectivity index (χ1v) is 38.3. The summed E-state index contributed by atoms with van der Waals surface area (Å²) in [4.78, 5) is 7.94. The zero-order chi connectivity index (χ0) is 77.0. The third kappa shape index (κ3) is 49.6. The highest BCUT2D eigenvalue weighted by Gasteiger charge is 2.17. The largest absolute Gasteiger partial charge is 0.353 e. The van der Waals surface area contributed by atoms with E-state index in [-0.39, 0.29) is 44.0 Å². The molecule has 5 fully saturated rings. The van der Waals surface area contributed by atoms with Crippen molar-refractivity contribution >= 4 is 0 Å². The number of ether oxygens (including phenoxy) is 2. The lowest BCUT2D eigenvalue weighted by molar-refractivity contribution is -0.187. The monoisotopic (exact) mass is 1460 g/mol. The predicted octanol–water partition coefficient (Wildman–Crippen LogP) is 29.4. The number of benzene rings is 6. The average molecular weight is 1460 g/mol. The first-order valence-electron chi connectivity index (χ1n) is 38.3. The maximum atomic E-state index is 12.6. The summed E-state index contributed by atoms with van der Waals surface area (Å²) >= 11 is 0. The Labute approximate surface area is 634 Å². The van der Waals surface area contributed by atoms with Gasteiger partial charge in [0, 0.05) is 32.3 Å². The number of hydrogen-bond donors (Lipinski definition) is 0. The third-order valence-corrected chi connectivity index (χ3v) is 19.3. The summed E-state index contributed by atoms with van der Waals surface area (Å²) in [5.74, 6) is 7.43. The second-order valence-corrected chi connectivity index (χ2v) is 31.1. The summed E-state index contributed by atoms with van der Waals surface area (Å²) in [6.45, 7) is 50.3. The van der Waals surface area contributed by atoms with Crippen LogP contribution in [0.1, 0.15) is 260 Å². The zero-order valence-electron chi connectivity index (χ0n) is 68.4. The van der Waals surface area contributed by atoms with Crippen molar-refractivity contribution in [3.8, 4) is 0 Å². The van der Waals surface area contributed by atoms with E-state index in [2.05, 4.69) is 149 Å². The molecule has 0 atom stereocenters. The topological polar surface area (TPSA) is 44.2 Å². The third-order valence-electron chi connectivity index (χ3n) is 19.3. The molecule has 0 bridgehead atoms. The minimum absolute atomic E-state index is 0. The van der Waals surface area contributed by atoms with E-state index in [4.69, 9.17) is 9.47 Å². The molecule has 0 amide bonds. The first-order chi connectivity index (χ1) is 47.9. The molecule has 0 unspecified atom stereocenters. The average Bonchev–Trinajstić information content (AvgIpc) is 0.868. The zero-order valence-corrected chi connectivity index (χ0v) is 68.4. The van der Waals surface area contributed by atoms with Crippen molar-refractivity contribution in [2.45, 2.75) is 283 Å². The van der Waals surface area contributed by atoms with Gasteiger partial charge < -0.3 is 9.47 Å². The molecule has 104 heavy (non-hydrogen) atoms. The van der Waals surface area contributed by atoms with E-state index < -0.39 is 23.3 Å². The molecule has 2 heterocycles. The van der Waals surface area contributed by atoms with Crippen LogP contribution in [-0.4, -0.2) is 29.5 Å². The lowest BCUT2D eigenvalue weighted by Gasteiger charge is -2.24. The molecule has 590 valence electrons. The van der Waals surface area contributed by atoms with Crippen LogP contribution >= 0.6 is 0 Å². The van der Waals surface area contributed by atoms with Crippen LogP contribution in [0.15, 0.2) is 122 Å². The molecular formula is C93H147F7N2O2. The molecule has 12 rings (SSSR count).